The molecule has 102 valence electrons. The van der Waals surface area contributed by atoms with Crippen LogP contribution in [0, 0.1) is 11.8 Å². The number of pyridine rings is 1. The number of hydrogen-bond donors (Lipinski definition) is 2. The summed E-state index contributed by atoms with van der Waals surface area (Å²) < 4.78 is 1.47. The molecule has 3 rings (SSSR count). The number of aromatic nitrogens is 1. The third-order valence-corrected chi connectivity index (χ3v) is 4.38. The molecule has 5 nitrogen and oxygen atoms in total. The molecule has 5 heteroatoms. The molecule has 1 aromatic heterocycles. The van der Waals surface area contributed by atoms with Crippen LogP contribution in [0.15, 0.2) is 23.1 Å². The molecule has 0 spiro atoms. The SMILES string of the molecule is Cn1cc(NC(=O)C2NCC3CCCC32)ccc1=O. The normalized spacial score (nSPS) is 29.2. The van der Waals surface area contributed by atoms with Crippen LogP contribution < -0.4 is 16.2 Å². The lowest BCUT2D eigenvalue weighted by molar-refractivity contribution is -0.118. The molecule has 1 saturated heterocycles. The van der Waals surface area contributed by atoms with Gasteiger partial charge in [-0.2, -0.15) is 0 Å². The summed E-state index contributed by atoms with van der Waals surface area (Å²) in [5.41, 5.74) is 0.600. The first kappa shape index (κ1) is 12.4. The van der Waals surface area contributed by atoms with Crippen LogP contribution in [-0.2, 0) is 11.8 Å². The van der Waals surface area contributed by atoms with Crippen LogP contribution in [0.5, 0.6) is 0 Å². The van der Waals surface area contributed by atoms with Crippen LogP contribution in [0.3, 0.4) is 0 Å². The van der Waals surface area contributed by atoms with Crippen molar-refractivity contribution in [2.75, 3.05) is 11.9 Å². The van der Waals surface area contributed by atoms with Crippen LogP contribution in [-0.4, -0.2) is 23.1 Å². The molecule has 1 saturated carbocycles. The van der Waals surface area contributed by atoms with Crippen LogP contribution >= 0.6 is 0 Å². The lowest BCUT2D eigenvalue weighted by Gasteiger charge is -2.17. The van der Waals surface area contributed by atoms with Gasteiger partial charge in [0, 0.05) is 19.3 Å². The van der Waals surface area contributed by atoms with Gasteiger partial charge in [0.15, 0.2) is 0 Å². The van der Waals surface area contributed by atoms with Crippen LogP contribution in [0.4, 0.5) is 5.69 Å². The fraction of sp³-hybridized carbons (Fsp3) is 0.571. The molecule has 0 aromatic carbocycles. The van der Waals surface area contributed by atoms with Gasteiger partial charge in [-0.15, -0.1) is 0 Å². The summed E-state index contributed by atoms with van der Waals surface area (Å²) in [6.07, 6.45) is 5.27. The van der Waals surface area contributed by atoms with Crippen molar-refractivity contribution in [3.05, 3.63) is 28.7 Å². The van der Waals surface area contributed by atoms with E-state index < -0.39 is 0 Å². The fourth-order valence-corrected chi connectivity index (χ4v) is 3.36. The van der Waals surface area contributed by atoms with E-state index in [1.807, 2.05) is 0 Å². The predicted molar refractivity (Wildman–Crippen MR) is 72.9 cm³/mol. The zero-order chi connectivity index (χ0) is 13.4. The molecule has 2 N–H and O–H groups in total. The number of rotatable bonds is 2. The summed E-state index contributed by atoms with van der Waals surface area (Å²) in [6.45, 7) is 0.954. The molecule has 3 atom stereocenters. The molecule has 2 fully saturated rings. The average molecular weight is 261 g/mol. The largest absolute Gasteiger partial charge is 0.323 e. The number of hydrogen-bond acceptors (Lipinski definition) is 3. The van der Waals surface area contributed by atoms with Gasteiger partial charge >= 0.3 is 0 Å². The third kappa shape index (κ3) is 2.30. The van der Waals surface area contributed by atoms with E-state index in [2.05, 4.69) is 10.6 Å². The molecule has 1 aliphatic carbocycles. The Morgan fingerprint density at radius 3 is 3.05 bits per heavy atom. The van der Waals surface area contributed by atoms with E-state index in [9.17, 15) is 9.59 Å². The van der Waals surface area contributed by atoms with Gasteiger partial charge in [-0.05, 0) is 37.3 Å². The van der Waals surface area contributed by atoms with Gasteiger partial charge in [0.25, 0.3) is 0 Å². The highest BCUT2D eigenvalue weighted by Gasteiger charge is 2.42. The number of aryl methyl sites for hydroxylation is 1. The maximum absolute atomic E-state index is 12.3. The summed E-state index contributed by atoms with van der Waals surface area (Å²) >= 11 is 0. The topological polar surface area (TPSA) is 63.1 Å². The van der Waals surface area contributed by atoms with Crippen molar-refractivity contribution in [2.45, 2.75) is 25.3 Å². The third-order valence-electron chi connectivity index (χ3n) is 4.38. The Bertz CT molecular complexity index is 552. The number of fused-ring (bicyclic) bond motifs is 1. The lowest BCUT2D eigenvalue weighted by atomic mass is 9.93. The van der Waals surface area contributed by atoms with E-state index in [4.69, 9.17) is 0 Å². The number of nitrogens with one attached hydrogen (secondary N) is 2. The van der Waals surface area contributed by atoms with Gasteiger partial charge in [-0.1, -0.05) is 6.42 Å². The second-order valence-electron chi connectivity index (χ2n) is 5.60. The predicted octanol–water partition coefficient (Wildman–Crippen LogP) is 0.712. The van der Waals surface area contributed by atoms with E-state index in [-0.39, 0.29) is 17.5 Å². The van der Waals surface area contributed by atoms with Crippen LogP contribution in [0.2, 0.25) is 0 Å². The molecule has 3 unspecified atom stereocenters. The lowest BCUT2D eigenvalue weighted by Crippen LogP contribution is -2.39. The maximum atomic E-state index is 12.3. The zero-order valence-electron chi connectivity index (χ0n) is 11.1. The molecular formula is C14H19N3O2. The Morgan fingerprint density at radius 2 is 2.26 bits per heavy atom. The van der Waals surface area contributed by atoms with Crippen molar-refractivity contribution in [1.29, 1.82) is 0 Å². The van der Waals surface area contributed by atoms with Gasteiger partial charge in [0.1, 0.15) is 0 Å². The number of nitrogens with zero attached hydrogens (tertiary/aromatic N) is 1. The number of carbonyl (C=O) groups excluding carboxylic acids is 1. The molecule has 2 heterocycles. The second kappa shape index (κ2) is 4.81. The van der Waals surface area contributed by atoms with Crippen molar-refractivity contribution in [3.8, 4) is 0 Å². The van der Waals surface area contributed by atoms with Gasteiger partial charge < -0.3 is 15.2 Å². The summed E-state index contributed by atoms with van der Waals surface area (Å²) in [5, 5.41) is 6.23. The Labute approximate surface area is 112 Å². The molecule has 1 aromatic rings. The van der Waals surface area contributed by atoms with Crippen molar-refractivity contribution in [3.63, 3.8) is 0 Å². The molecule has 2 aliphatic rings. The van der Waals surface area contributed by atoms with Crippen molar-refractivity contribution in [2.24, 2.45) is 18.9 Å². The first-order valence-corrected chi connectivity index (χ1v) is 6.86. The first-order chi connectivity index (χ1) is 9.15. The van der Waals surface area contributed by atoms with E-state index in [0.29, 0.717) is 17.5 Å². The minimum Gasteiger partial charge on any atom is -0.323 e. The Kier molecular flexibility index (Phi) is 3.14. The minimum atomic E-state index is -0.0789. The number of amides is 1. The number of carbonyl (C=O) groups is 1. The highest BCUT2D eigenvalue weighted by Crippen LogP contribution is 2.37. The van der Waals surface area contributed by atoms with Gasteiger partial charge in [0.05, 0.1) is 11.7 Å². The maximum Gasteiger partial charge on any atom is 0.250 e. The molecule has 1 aliphatic heterocycles. The zero-order valence-corrected chi connectivity index (χ0v) is 11.1. The Balaban J connectivity index is 1.71. The molecule has 0 bridgehead atoms. The van der Waals surface area contributed by atoms with E-state index in [1.54, 1.807) is 19.3 Å². The standard InChI is InChI=1S/C14H19N3O2/c1-17-8-10(5-6-12(17)18)16-14(19)13-11-4-2-3-9(11)7-15-13/h5-6,8-9,11,13,15H,2-4,7H2,1H3,(H,16,19). The first-order valence-electron chi connectivity index (χ1n) is 6.86. The molecule has 1 amide bonds. The second-order valence-corrected chi connectivity index (χ2v) is 5.60. The Hall–Kier alpha value is -1.62. The highest BCUT2D eigenvalue weighted by atomic mass is 16.2. The van der Waals surface area contributed by atoms with Gasteiger partial charge in [-0.3, -0.25) is 9.59 Å². The molecular weight excluding hydrogens is 242 g/mol. The van der Waals surface area contributed by atoms with Gasteiger partial charge in [-0.25, -0.2) is 0 Å². The van der Waals surface area contributed by atoms with Crippen LogP contribution in [0.25, 0.3) is 0 Å². The smallest absolute Gasteiger partial charge is 0.250 e. The molecule has 0 radical (unpaired) electrons. The van der Waals surface area contributed by atoms with Crippen LogP contribution in [0.1, 0.15) is 19.3 Å². The summed E-state index contributed by atoms with van der Waals surface area (Å²) in [5.74, 6) is 1.16. The average Bonchev–Trinajstić information content (AvgIpc) is 2.95. The summed E-state index contributed by atoms with van der Waals surface area (Å²) in [6, 6.07) is 3.04. The number of anilines is 1. The molecule has 19 heavy (non-hydrogen) atoms. The monoisotopic (exact) mass is 261 g/mol. The van der Waals surface area contributed by atoms with E-state index in [0.717, 1.165) is 13.0 Å². The summed E-state index contributed by atoms with van der Waals surface area (Å²) in [7, 11) is 1.68. The van der Waals surface area contributed by atoms with E-state index >= 15 is 0 Å². The highest BCUT2D eigenvalue weighted by molar-refractivity contribution is 5.95. The Morgan fingerprint density at radius 1 is 1.42 bits per heavy atom. The van der Waals surface area contributed by atoms with Crippen molar-refractivity contribution >= 4 is 11.6 Å². The van der Waals surface area contributed by atoms with Gasteiger partial charge in [0.2, 0.25) is 11.5 Å². The fourth-order valence-electron chi connectivity index (χ4n) is 3.36. The van der Waals surface area contributed by atoms with Crippen molar-refractivity contribution in [1.82, 2.24) is 9.88 Å². The van der Waals surface area contributed by atoms with E-state index in [1.165, 1.54) is 23.5 Å². The van der Waals surface area contributed by atoms with Crippen molar-refractivity contribution < 1.29 is 4.79 Å². The quantitative estimate of drug-likeness (QED) is 0.824. The summed E-state index contributed by atoms with van der Waals surface area (Å²) in [4.78, 5) is 23.6. The minimum absolute atomic E-state index is 0.0213.